The summed E-state index contributed by atoms with van der Waals surface area (Å²) >= 11 is 3.29. The fraction of sp³-hybridized carbons (Fsp3) is 0.385. The number of carboxylic acids is 1. The number of aliphatic carboxylic acids is 1. The van der Waals surface area contributed by atoms with Crippen molar-refractivity contribution in [2.24, 2.45) is 0 Å². The quantitative estimate of drug-likeness (QED) is 0.762. The monoisotopic (exact) mass is 393 g/mol. The molecule has 1 amide bonds. The molecule has 1 heterocycles. The topological polar surface area (TPSA) is 91.8 Å². The van der Waals surface area contributed by atoms with Crippen molar-refractivity contribution in [2.45, 2.75) is 24.1 Å². The summed E-state index contributed by atoms with van der Waals surface area (Å²) in [5.41, 5.74) is 0.661. The van der Waals surface area contributed by atoms with Gasteiger partial charge in [-0.1, -0.05) is 34.1 Å². The second kappa shape index (κ2) is 6.33. The highest BCUT2D eigenvalue weighted by molar-refractivity contribution is 9.10. The van der Waals surface area contributed by atoms with Gasteiger partial charge in [-0.2, -0.15) is 8.42 Å². The van der Waals surface area contributed by atoms with E-state index < -0.39 is 46.4 Å². The first-order chi connectivity index (χ1) is 10.2. The smallest absolute Gasteiger partial charge is 0.326 e. The Kier molecular flexibility index (Phi) is 4.86. The van der Waals surface area contributed by atoms with Crippen molar-refractivity contribution in [3.05, 3.63) is 34.3 Å². The molecule has 0 saturated carbocycles. The molecule has 1 aromatic carbocycles. The van der Waals surface area contributed by atoms with Crippen LogP contribution in [0.2, 0.25) is 0 Å². The van der Waals surface area contributed by atoms with E-state index in [1.165, 1.54) is 0 Å². The summed E-state index contributed by atoms with van der Waals surface area (Å²) in [7, 11) is -4.87. The van der Waals surface area contributed by atoms with E-state index in [-0.39, 0.29) is 6.42 Å². The highest BCUT2D eigenvalue weighted by Crippen LogP contribution is 2.25. The first kappa shape index (κ1) is 16.9. The van der Waals surface area contributed by atoms with Crippen LogP contribution in [-0.4, -0.2) is 48.1 Å². The molecule has 1 N–H and O–H groups in total. The SMILES string of the molecule is O=C(O)[C@H](Cc1ccccc1Br)N1CC(S(=O)(=O)F)CC1=O. The van der Waals surface area contributed by atoms with Gasteiger partial charge >= 0.3 is 16.2 Å². The molecule has 2 atom stereocenters. The molecular formula is C13H13BrFNO5S. The number of hydrogen-bond acceptors (Lipinski definition) is 4. The maximum Gasteiger partial charge on any atom is 0.326 e. The zero-order valence-corrected chi connectivity index (χ0v) is 13.7. The number of benzene rings is 1. The average molecular weight is 394 g/mol. The summed E-state index contributed by atoms with van der Waals surface area (Å²) in [5, 5.41) is 7.84. The Bertz CT molecular complexity index is 708. The molecule has 6 nitrogen and oxygen atoms in total. The lowest BCUT2D eigenvalue weighted by atomic mass is 10.1. The lowest BCUT2D eigenvalue weighted by molar-refractivity contribution is -0.148. The number of halogens is 2. The highest BCUT2D eigenvalue weighted by atomic mass is 79.9. The van der Waals surface area contributed by atoms with Crippen LogP contribution in [0.3, 0.4) is 0 Å². The molecular weight excluding hydrogens is 381 g/mol. The molecule has 0 aromatic heterocycles. The number of carboxylic acid groups (broad SMARTS) is 1. The number of rotatable bonds is 5. The van der Waals surface area contributed by atoms with Gasteiger partial charge in [0.25, 0.3) is 0 Å². The van der Waals surface area contributed by atoms with Crippen LogP contribution in [0, 0.1) is 0 Å². The van der Waals surface area contributed by atoms with Crippen LogP contribution in [0.25, 0.3) is 0 Å². The summed E-state index contributed by atoms with van der Waals surface area (Å²) in [5.74, 6) is -1.94. The number of hydrogen-bond donors (Lipinski definition) is 1. The molecule has 0 spiro atoms. The number of carbonyl (C=O) groups excluding carboxylic acids is 1. The van der Waals surface area contributed by atoms with Gasteiger partial charge in [0.1, 0.15) is 11.3 Å². The van der Waals surface area contributed by atoms with Crippen molar-refractivity contribution in [3.63, 3.8) is 0 Å². The van der Waals surface area contributed by atoms with Gasteiger partial charge in [-0.15, -0.1) is 3.89 Å². The summed E-state index contributed by atoms with van der Waals surface area (Å²) in [6.45, 7) is -0.445. The number of likely N-dealkylation sites (tertiary alicyclic amines) is 1. The van der Waals surface area contributed by atoms with E-state index in [4.69, 9.17) is 0 Å². The van der Waals surface area contributed by atoms with E-state index in [2.05, 4.69) is 15.9 Å². The standard InChI is InChI=1S/C13H13BrFNO5S/c14-10-4-2-1-3-8(10)5-11(13(18)19)16-7-9(6-12(16)17)22(15,20)21/h1-4,9,11H,5-7H2,(H,18,19)/t9?,11-/m0/s1. The molecule has 1 unspecified atom stereocenters. The van der Waals surface area contributed by atoms with Crippen LogP contribution < -0.4 is 0 Å². The molecule has 0 aliphatic carbocycles. The Hall–Kier alpha value is -1.48. The Morgan fingerprint density at radius 2 is 2.09 bits per heavy atom. The van der Waals surface area contributed by atoms with E-state index >= 15 is 0 Å². The van der Waals surface area contributed by atoms with Crippen molar-refractivity contribution in [1.82, 2.24) is 4.90 Å². The van der Waals surface area contributed by atoms with Crippen LogP contribution in [0.1, 0.15) is 12.0 Å². The first-order valence-corrected chi connectivity index (χ1v) is 8.63. The molecule has 1 aromatic rings. The first-order valence-electron chi connectivity index (χ1n) is 6.39. The van der Waals surface area contributed by atoms with Gasteiger partial charge in [0.2, 0.25) is 5.91 Å². The van der Waals surface area contributed by atoms with Crippen LogP contribution in [-0.2, 0) is 26.2 Å². The third-order valence-electron chi connectivity index (χ3n) is 3.55. The maximum absolute atomic E-state index is 13.0. The summed E-state index contributed by atoms with van der Waals surface area (Å²) in [6.07, 6.45) is -0.528. The van der Waals surface area contributed by atoms with Crippen molar-refractivity contribution in [3.8, 4) is 0 Å². The van der Waals surface area contributed by atoms with Crippen molar-refractivity contribution >= 4 is 38.0 Å². The van der Waals surface area contributed by atoms with Crippen LogP contribution in [0.15, 0.2) is 28.7 Å². The van der Waals surface area contributed by atoms with Gasteiger partial charge < -0.3 is 10.0 Å². The Balaban J connectivity index is 2.24. The van der Waals surface area contributed by atoms with Crippen LogP contribution in [0.5, 0.6) is 0 Å². The molecule has 2 rings (SSSR count). The van der Waals surface area contributed by atoms with E-state index in [9.17, 15) is 27.0 Å². The van der Waals surface area contributed by atoms with Crippen molar-refractivity contribution in [1.29, 1.82) is 0 Å². The molecule has 120 valence electrons. The molecule has 1 saturated heterocycles. The molecule has 1 fully saturated rings. The van der Waals surface area contributed by atoms with Crippen molar-refractivity contribution in [2.75, 3.05) is 6.54 Å². The van der Waals surface area contributed by atoms with Gasteiger partial charge in [0.05, 0.1) is 0 Å². The predicted octanol–water partition coefficient (Wildman–Crippen LogP) is 1.35. The largest absolute Gasteiger partial charge is 0.480 e. The van der Waals surface area contributed by atoms with E-state index in [0.717, 1.165) is 4.90 Å². The molecule has 0 radical (unpaired) electrons. The zero-order chi connectivity index (χ0) is 16.5. The maximum atomic E-state index is 13.0. The van der Waals surface area contributed by atoms with Gasteiger partial charge in [0, 0.05) is 23.9 Å². The van der Waals surface area contributed by atoms with E-state index in [1.807, 2.05) is 0 Å². The third-order valence-corrected chi connectivity index (χ3v) is 5.44. The molecule has 22 heavy (non-hydrogen) atoms. The van der Waals surface area contributed by atoms with Gasteiger partial charge in [0.15, 0.2) is 0 Å². The Morgan fingerprint density at radius 3 is 2.59 bits per heavy atom. The Labute approximate surface area is 135 Å². The van der Waals surface area contributed by atoms with Crippen LogP contribution >= 0.6 is 15.9 Å². The fourth-order valence-electron chi connectivity index (χ4n) is 2.39. The minimum Gasteiger partial charge on any atom is -0.480 e. The average Bonchev–Trinajstić information content (AvgIpc) is 2.79. The van der Waals surface area contributed by atoms with Gasteiger partial charge in [-0.3, -0.25) is 4.79 Å². The summed E-state index contributed by atoms with van der Waals surface area (Å²) in [4.78, 5) is 24.2. The Morgan fingerprint density at radius 1 is 1.45 bits per heavy atom. The number of amides is 1. The van der Waals surface area contributed by atoms with E-state index in [0.29, 0.717) is 10.0 Å². The molecule has 1 aliphatic rings. The molecule has 1 aliphatic heterocycles. The van der Waals surface area contributed by atoms with Crippen LogP contribution in [0.4, 0.5) is 3.89 Å². The third kappa shape index (κ3) is 3.64. The normalized spacial score (nSPS) is 20.2. The van der Waals surface area contributed by atoms with Crippen molar-refractivity contribution < 1.29 is 27.0 Å². The number of nitrogens with zero attached hydrogens (tertiary/aromatic N) is 1. The summed E-state index contributed by atoms with van der Waals surface area (Å²) in [6, 6.07) is 5.67. The fourth-order valence-corrected chi connectivity index (χ4v) is 3.52. The minimum atomic E-state index is -4.87. The molecule has 0 bridgehead atoms. The predicted molar refractivity (Wildman–Crippen MR) is 79.4 cm³/mol. The minimum absolute atomic E-state index is 0.00154. The van der Waals surface area contributed by atoms with Gasteiger partial charge in [-0.25, -0.2) is 4.79 Å². The second-order valence-electron chi connectivity index (χ2n) is 5.00. The molecule has 9 heteroatoms. The number of carbonyl (C=O) groups is 2. The highest BCUT2D eigenvalue weighted by Gasteiger charge is 2.43. The lowest BCUT2D eigenvalue weighted by Crippen LogP contribution is -2.44. The lowest BCUT2D eigenvalue weighted by Gasteiger charge is -2.24. The van der Waals surface area contributed by atoms with Gasteiger partial charge in [-0.05, 0) is 11.6 Å². The second-order valence-corrected chi connectivity index (χ2v) is 7.47. The van der Waals surface area contributed by atoms with E-state index in [1.54, 1.807) is 24.3 Å². The zero-order valence-electron chi connectivity index (χ0n) is 11.3. The summed E-state index contributed by atoms with van der Waals surface area (Å²) < 4.78 is 35.6.